The Balaban J connectivity index is 2.19. The standard InChI is InChI=1S/C15H15F3O/c16-15(17,18)13-8-4-7-12(10-13)14(19)9-11-5-2-1-3-6-11/h4,7-10H,1-3,5-6H2. The molecule has 1 nitrogen and oxygen atoms in total. The maximum atomic E-state index is 12.6. The Morgan fingerprint density at radius 2 is 1.79 bits per heavy atom. The number of ketones is 1. The van der Waals surface area contributed by atoms with E-state index in [0.29, 0.717) is 0 Å². The third kappa shape index (κ3) is 3.69. The smallest absolute Gasteiger partial charge is 0.289 e. The van der Waals surface area contributed by atoms with Gasteiger partial charge in [0.15, 0.2) is 5.78 Å². The Kier molecular flexibility index (Phi) is 4.08. The molecule has 2 rings (SSSR count). The van der Waals surface area contributed by atoms with Crippen molar-refractivity contribution in [1.82, 2.24) is 0 Å². The summed E-state index contributed by atoms with van der Waals surface area (Å²) in [5, 5.41) is 0. The van der Waals surface area contributed by atoms with Crippen molar-refractivity contribution in [1.29, 1.82) is 0 Å². The minimum absolute atomic E-state index is 0.105. The Bertz CT molecular complexity index is 492. The summed E-state index contributed by atoms with van der Waals surface area (Å²) in [5.74, 6) is -0.331. The van der Waals surface area contributed by atoms with E-state index in [9.17, 15) is 18.0 Å². The summed E-state index contributed by atoms with van der Waals surface area (Å²) in [6.45, 7) is 0. The Morgan fingerprint density at radius 1 is 1.11 bits per heavy atom. The molecular formula is C15H15F3O. The fourth-order valence-electron chi connectivity index (χ4n) is 2.27. The van der Waals surface area contributed by atoms with Crippen LogP contribution in [0.1, 0.15) is 48.0 Å². The SMILES string of the molecule is O=C(C=C1CCCCC1)c1cccc(C(F)(F)F)c1. The van der Waals surface area contributed by atoms with E-state index in [1.54, 1.807) is 0 Å². The number of benzene rings is 1. The van der Waals surface area contributed by atoms with E-state index in [2.05, 4.69) is 0 Å². The maximum absolute atomic E-state index is 12.6. The normalized spacial score (nSPS) is 16.3. The van der Waals surface area contributed by atoms with E-state index in [1.807, 2.05) is 0 Å². The summed E-state index contributed by atoms with van der Waals surface area (Å²) in [4.78, 5) is 11.9. The largest absolute Gasteiger partial charge is 0.416 e. The average molecular weight is 268 g/mol. The fourth-order valence-corrected chi connectivity index (χ4v) is 2.27. The van der Waals surface area contributed by atoms with E-state index >= 15 is 0 Å². The van der Waals surface area contributed by atoms with Gasteiger partial charge < -0.3 is 0 Å². The van der Waals surface area contributed by atoms with Crippen molar-refractivity contribution in [2.45, 2.75) is 38.3 Å². The second-order valence-corrected chi connectivity index (χ2v) is 4.81. The van der Waals surface area contributed by atoms with E-state index < -0.39 is 11.7 Å². The van der Waals surface area contributed by atoms with E-state index in [4.69, 9.17) is 0 Å². The second kappa shape index (κ2) is 5.59. The molecule has 19 heavy (non-hydrogen) atoms. The first kappa shape index (κ1) is 13.8. The Labute approximate surface area is 110 Å². The van der Waals surface area contributed by atoms with Gasteiger partial charge in [-0.15, -0.1) is 0 Å². The summed E-state index contributed by atoms with van der Waals surface area (Å²) >= 11 is 0. The van der Waals surface area contributed by atoms with Gasteiger partial charge in [-0.3, -0.25) is 4.79 Å². The van der Waals surface area contributed by atoms with E-state index in [-0.39, 0.29) is 11.3 Å². The second-order valence-electron chi connectivity index (χ2n) is 4.81. The molecule has 0 unspecified atom stereocenters. The lowest BCUT2D eigenvalue weighted by molar-refractivity contribution is -0.137. The van der Waals surface area contributed by atoms with Gasteiger partial charge in [-0.05, 0) is 43.9 Å². The van der Waals surface area contributed by atoms with Crippen molar-refractivity contribution in [3.63, 3.8) is 0 Å². The molecule has 0 aliphatic heterocycles. The molecule has 0 atom stereocenters. The van der Waals surface area contributed by atoms with Crippen LogP contribution in [0.5, 0.6) is 0 Å². The Morgan fingerprint density at radius 3 is 2.42 bits per heavy atom. The molecule has 1 aromatic carbocycles. The summed E-state index contributed by atoms with van der Waals surface area (Å²) in [6, 6.07) is 4.60. The number of allylic oxidation sites excluding steroid dienone is 2. The van der Waals surface area contributed by atoms with Gasteiger partial charge in [0.2, 0.25) is 0 Å². The lowest BCUT2D eigenvalue weighted by Crippen LogP contribution is -2.07. The monoisotopic (exact) mass is 268 g/mol. The molecule has 0 N–H and O–H groups in total. The van der Waals surface area contributed by atoms with Crippen LogP contribution < -0.4 is 0 Å². The summed E-state index contributed by atoms with van der Waals surface area (Å²) in [5.41, 5.74) is 0.377. The van der Waals surface area contributed by atoms with E-state index in [0.717, 1.165) is 49.8 Å². The number of hydrogen-bond acceptors (Lipinski definition) is 1. The molecule has 4 heteroatoms. The van der Waals surface area contributed by atoms with E-state index in [1.165, 1.54) is 18.2 Å². The van der Waals surface area contributed by atoms with Gasteiger partial charge in [0.1, 0.15) is 0 Å². The van der Waals surface area contributed by atoms with Gasteiger partial charge in [-0.1, -0.05) is 24.1 Å². The number of halogens is 3. The molecule has 1 fully saturated rings. The average Bonchev–Trinajstić information content (AvgIpc) is 2.39. The van der Waals surface area contributed by atoms with Crippen LogP contribution >= 0.6 is 0 Å². The predicted octanol–water partition coefficient (Wildman–Crippen LogP) is 4.78. The van der Waals surface area contributed by atoms with Crippen LogP contribution in [-0.2, 0) is 6.18 Å². The number of alkyl halides is 3. The zero-order chi connectivity index (χ0) is 13.9. The van der Waals surface area contributed by atoms with Crippen LogP contribution in [-0.4, -0.2) is 5.78 Å². The minimum Gasteiger partial charge on any atom is -0.289 e. The van der Waals surface area contributed by atoms with Crippen LogP contribution in [0, 0.1) is 0 Å². The molecule has 1 saturated carbocycles. The van der Waals surface area contributed by atoms with Gasteiger partial charge in [-0.25, -0.2) is 0 Å². The minimum atomic E-state index is -4.41. The van der Waals surface area contributed by atoms with Crippen molar-refractivity contribution in [3.8, 4) is 0 Å². The molecule has 0 radical (unpaired) electrons. The molecule has 0 heterocycles. The highest BCUT2D eigenvalue weighted by Gasteiger charge is 2.30. The van der Waals surface area contributed by atoms with Crippen molar-refractivity contribution < 1.29 is 18.0 Å². The van der Waals surface area contributed by atoms with Crippen molar-refractivity contribution in [3.05, 3.63) is 47.0 Å². The first-order chi connectivity index (χ1) is 8.97. The zero-order valence-electron chi connectivity index (χ0n) is 10.5. The van der Waals surface area contributed by atoms with Gasteiger partial charge in [0.05, 0.1) is 5.56 Å². The van der Waals surface area contributed by atoms with Crippen LogP contribution in [0.15, 0.2) is 35.9 Å². The zero-order valence-corrected chi connectivity index (χ0v) is 10.5. The highest BCUT2D eigenvalue weighted by molar-refractivity contribution is 6.05. The quantitative estimate of drug-likeness (QED) is 0.557. The van der Waals surface area contributed by atoms with Crippen LogP contribution in [0.2, 0.25) is 0 Å². The van der Waals surface area contributed by atoms with Crippen molar-refractivity contribution in [2.75, 3.05) is 0 Å². The molecule has 1 aliphatic rings. The molecule has 0 saturated heterocycles. The summed E-state index contributed by atoms with van der Waals surface area (Å²) in [6.07, 6.45) is 2.14. The van der Waals surface area contributed by atoms with Gasteiger partial charge in [-0.2, -0.15) is 13.2 Å². The highest BCUT2D eigenvalue weighted by Crippen LogP contribution is 2.30. The molecule has 0 amide bonds. The molecule has 0 bridgehead atoms. The summed E-state index contributed by atoms with van der Waals surface area (Å²) < 4.78 is 37.7. The van der Waals surface area contributed by atoms with Crippen LogP contribution in [0.25, 0.3) is 0 Å². The Hall–Kier alpha value is -1.58. The third-order valence-corrected chi connectivity index (χ3v) is 3.31. The highest BCUT2D eigenvalue weighted by atomic mass is 19.4. The summed E-state index contributed by atoms with van der Waals surface area (Å²) in [7, 11) is 0. The molecule has 102 valence electrons. The lowest BCUT2D eigenvalue weighted by atomic mass is 9.93. The van der Waals surface area contributed by atoms with Gasteiger partial charge >= 0.3 is 6.18 Å². The third-order valence-electron chi connectivity index (χ3n) is 3.31. The van der Waals surface area contributed by atoms with Crippen LogP contribution in [0.3, 0.4) is 0 Å². The molecule has 1 aliphatic carbocycles. The van der Waals surface area contributed by atoms with Gasteiger partial charge in [0.25, 0.3) is 0 Å². The molecule has 1 aromatic rings. The number of rotatable bonds is 2. The van der Waals surface area contributed by atoms with Crippen LogP contribution in [0.4, 0.5) is 13.2 Å². The molecule has 0 spiro atoms. The number of carbonyl (C=O) groups is 1. The topological polar surface area (TPSA) is 17.1 Å². The van der Waals surface area contributed by atoms with Gasteiger partial charge in [0, 0.05) is 5.56 Å². The first-order valence-electron chi connectivity index (χ1n) is 6.38. The molecular weight excluding hydrogens is 253 g/mol. The predicted molar refractivity (Wildman–Crippen MR) is 66.9 cm³/mol. The van der Waals surface area contributed by atoms with Crippen molar-refractivity contribution >= 4 is 5.78 Å². The maximum Gasteiger partial charge on any atom is 0.416 e. The molecule has 0 aromatic heterocycles. The fraction of sp³-hybridized carbons (Fsp3) is 0.400. The first-order valence-corrected chi connectivity index (χ1v) is 6.38. The van der Waals surface area contributed by atoms with Crippen molar-refractivity contribution in [2.24, 2.45) is 0 Å². The lowest BCUT2D eigenvalue weighted by Gasteiger charge is -2.13. The number of hydrogen-bond donors (Lipinski definition) is 0. The number of carbonyl (C=O) groups excluding carboxylic acids is 1.